The van der Waals surface area contributed by atoms with Gasteiger partial charge in [0.05, 0.1) is 5.75 Å². The molecule has 0 heterocycles. The summed E-state index contributed by atoms with van der Waals surface area (Å²) >= 11 is 0. The van der Waals surface area contributed by atoms with E-state index in [1.165, 1.54) is 0 Å². The largest absolute Gasteiger partial charge is 0.327 e. The Morgan fingerprint density at radius 3 is 2.45 bits per heavy atom. The van der Waals surface area contributed by atoms with Crippen molar-refractivity contribution in [3.05, 3.63) is 0 Å². The average Bonchev–Trinajstić information content (AvgIpc) is 2.61. The van der Waals surface area contributed by atoms with Gasteiger partial charge in [-0.25, -0.2) is 0 Å². The molecule has 1 aliphatic carbocycles. The van der Waals surface area contributed by atoms with Crippen LogP contribution in [0.1, 0.15) is 19.3 Å². The molecule has 66 valence electrons. The maximum absolute atomic E-state index is 10.3. The molecular formula is C6H13NO3S. The molecule has 0 radical (unpaired) electrons. The lowest BCUT2D eigenvalue weighted by molar-refractivity contribution is 0.472. The van der Waals surface area contributed by atoms with Crippen LogP contribution in [0.15, 0.2) is 0 Å². The van der Waals surface area contributed by atoms with Crippen molar-refractivity contribution in [2.75, 3.05) is 5.75 Å². The summed E-state index contributed by atoms with van der Waals surface area (Å²) in [6.07, 6.45) is 2.59. The Labute approximate surface area is 66.5 Å². The Kier molecular flexibility index (Phi) is 2.51. The fraction of sp³-hybridized carbons (Fsp3) is 1.00. The van der Waals surface area contributed by atoms with Gasteiger partial charge < -0.3 is 5.73 Å². The number of nitrogens with two attached hydrogens (primary N) is 1. The van der Waals surface area contributed by atoms with Crippen LogP contribution in [0.5, 0.6) is 0 Å². The molecule has 0 aromatic carbocycles. The highest BCUT2D eigenvalue weighted by Gasteiger charge is 2.28. The van der Waals surface area contributed by atoms with Crippen molar-refractivity contribution in [1.82, 2.24) is 0 Å². The third kappa shape index (κ3) is 3.69. The molecule has 3 N–H and O–H groups in total. The predicted octanol–water partition coefficient (Wildman–Crippen LogP) is 0.00160. The van der Waals surface area contributed by atoms with Crippen LogP contribution < -0.4 is 5.73 Å². The van der Waals surface area contributed by atoms with Crippen LogP contribution in [0, 0.1) is 5.92 Å². The van der Waals surface area contributed by atoms with Gasteiger partial charge in [0.1, 0.15) is 0 Å². The molecule has 0 bridgehead atoms. The van der Waals surface area contributed by atoms with E-state index in [4.69, 9.17) is 10.3 Å². The van der Waals surface area contributed by atoms with E-state index in [9.17, 15) is 8.42 Å². The first-order chi connectivity index (χ1) is 4.99. The second-order valence-corrected chi connectivity index (χ2v) is 4.65. The standard InChI is InChI=1S/C6H13NO3S/c7-6(5-1-2-5)3-4-11(8,9)10/h5-6H,1-4,7H2,(H,8,9,10). The van der Waals surface area contributed by atoms with Gasteiger partial charge in [0, 0.05) is 6.04 Å². The monoisotopic (exact) mass is 179 g/mol. The SMILES string of the molecule is NC(CCS(=O)(=O)O)C1CC1. The summed E-state index contributed by atoms with van der Waals surface area (Å²) in [4.78, 5) is 0. The van der Waals surface area contributed by atoms with Crippen LogP contribution in [-0.4, -0.2) is 24.8 Å². The molecule has 1 rings (SSSR count). The smallest absolute Gasteiger partial charge is 0.264 e. The van der Waals surface area contributed by atoms with Gasteiger partial charge in [-0.05, 0) is 25.2 Å². The molecule has 0 aromatic rings. The van der Waals surface area contributed by atoms with Gasteiger partial charge in [-0.1, -0.05) is 0 Å². The highest BCUT2D eigenvalue weighted by Crippen LogP contribution is 2.32. The van der Waals surface area contributed by atoms with Crippen molar-refractivity contribution in [3.8, 4) is 0 Å². The summed E-state index contributed by atoms with van der Waals surface area (Å²) in [5.74, 6) is 0.293. The minimum atomic E-state index is -3.80. The second kappa shape index (κ2) is 3.08. The number of hydrogen-bond acceptors (Lipinski definition) is 3. The zero-order valence-electron chi connectivity index (χ0n) is 6.23. The zero-order chi connectivity index (χ0) is 8.48. The van der Waals surface area contributed by atoms with Crippen LogP contribution in [-0.2, 0) is 10.1 Å². The molecular weight excluding hydrogens is 166 g/mol. The molecule has 11 heavy (non-hydrogen) atoms. The van der Waals surface area contributed by atoms with Crippen molar-refractivity contribution >= 4 is 10.1 Å². The van der Waals surface area contributed by atoms with E-state index in [0.29, 0.717) is 12.3 Å². The second-order valence-electron chi connectivity index (χ2n) is 3.08. The first-order valence-electron chi connectivity index (χ1n) is 3.70. The fourth-order valence-corrected chi connectivity index (χ4v) is 1.62. The molecule has 1 fully saturated rings. The molecule has 0 aliphatic heterocycles. The predicted molar refractivity (Wildman–Crippen MR) is 41.7 cm³/mol. The third-order valence-corrected chi connectivity index (χ3v) is 2.69. The van der Waals surface area contributed by atoms with Crippen molar-refractivity contribution in [2.24, 2.45) is 11.7 Å². The van der Waals surface area contributed by atoms with Crippen molar-refractivity contribution in [1.29, 1.82) is 0 Å². The summed E-state index contributed by atoms with van der Waals surface area (Å²) < 4.78 is 28.9. The van der Waals surface area contributed by atoms with E-state index < -0.39 is 10.1 Å². The first kappa shape index (κ1) is 8.96. The molecule has 1 unspecified atom stereocenters. The Morgan fingerprint density at radius 1 is 1.55 bits per heavy atom. The molecule has 4 nitrogen and oxygen atoms in total. The van der Waals surface area contributed by atoms with E-state index in [2.05, 4.69) is 0 Å². The van der Waals surface area contributed by atoms with Crippen molar-refractivity contribution < 1.29 is 13.0 Å². The lowest BCUT2D eigenvalue weighted by Gasteiger charge is -2.07. The molecule has 1 atom stereocenters. The van der Waals surface area contributed by atoms with Crippen molar-refractivity contribution in [3.63, 3.8) is 0 Å². The average molecular weight is 179 g/mol. The van der Waals surface area contributed by atoms with Crippen LogP contribution in [0.3, 0.4) is 0 Å². The van der Waals surface area contributed by atoms with Gasteiger partial charge in [-0.3, -0.25) is 4.55 Å². The summed E-state index contributed by atoms with van der Waals surface area (Å²) in [6, 6.07) is -0.0445. The fourth-order valence-electron chi connectivity index (χ4n) is 1.05. The zero-order valence-corrected chi connectivity index (χ0v) is 7.05. The highest BCUT2D eigenvalue weighted by atomic mass is 32.2. The molecule has 1 saturated carbocycles. The lowest BCUT2D eigenvalue weighted by atomic mass is 10.1. The van der Waals surface area contributed by atoms with E-state index in [-0.39, 0.29) is 11.8 Å². The molecule has 5 heteroatoms. The Bertz CT molecular complexity index is 220. The van der Waals surface area contributed by atoms with Crippen molar-refractivity contribution in [2.45, 2.75) is 25.3 Å². The third-order valence-electron chi connectivity index (χ3n) is 1.94. The minimum Gasteiger partial charge on any atom is -0.327 e. The summed E-state index contributed by atoms with van der Waals surface area (Å²) in [6.45, 7) is 0. The normalized spacial score (nSPS) is 21.6. The van der Waals surface area contributed by atoms with Crippen LogP contribution in [0.4, 0.5) is 0 Å². The van der Waals surface area contributed by atoms with Crippen LogP contribution in [0.2, 0.25) is 0 Å². The lowest BCUT2D eigenvalue weighted by Crippen LogP contribution is -2.25. The summed E-state index contributed by atoms with van der Waals surface area (Å²) in [5, 5.41) is 0. The molecule has 0 amide bonds. The van der Waals surface area contributed by atoms with E-state index in [0.717, 1.165) is 12.8 Å². The van der Waals surface area contributed by atoms with Gasteiger partial charge >= 0.3 is 0 Å². The van der Waals surface area contributed by atoms with E-state index in [1.54, 1.807) is 0 Å². The highest BCUT2D eigenvalue weighted by molar-refractivity contribution is 7.85. The molecule has 0 aromatic heterocycles. The van der Waals surface area contributed by atoms with Crippen LogP contribution in [0.25, 0.3) is 0 Å². The Hall–Kier alpha value is -0.130. The number of rotatable bonds is 4. The summed E-state index contributed by atoms with van der Waals surface area (Å²) in [5.41, 5.74) is 5.61. The van der Waals surface area contributed by atoms with Gasteiger partial charge in [0.15, 0.2) is 0 Å². The first-order valence-corrected chi connectivity index (χ1v) is 5.31. The quantitative estimate of drug-likeness (QED) is 0.595. The molecule has 1 aliphatic rings. The van der Waals surface area contributed by atoms with Gasteiger partial charge in [-0.2, -0.15) is 8.42 Å². The maximum atomic E-state index is 10.3. The van der Waals surface area contributed by atoms with Gasteiger partial charge in [-0.15, -0.1) is 0 Å². The van der Waals surface area contributed by atoms with Crippen LogP contribution >= 0.6 is 0 Å². The molecule has 0 saturated heterocycles. The maximum Gasteiger partial charge on any atom is 0.264 e. The topological polar surface area (TPSA) is 80.4 Å². The van der Waals surface area contributed by atoms with Gasteiger partial charge in [0.2, 0.25) is 0 Å². The Morgan fingerprint density at radius 2 is 2.09 bits per heavy atom. The van der Waals surface area contributed by atoms with Gasteiger partial charge in [0.25, 0.3) is 10.1 Å². The van der Waals surface area contributed by atoms with E-state index in [1.807, 2.05) is 0 Å². The Balaban J connectivity index is 2.21. The van der Waals surface area contributed by atoms with E-state index >= 15 is 0 Å². The number of hydrogen-bond donors (Lipinski definition) is 2. The minimum absolute atomic E-state index is 0.0445. The molecule has 0 spiro atoms. The summed E-state index contributed by atoms with van der Waals surface area (Å²) in [7, 11) is -3.80.